The Bertz CT molecular complexity index is 384. The van der Waals surface area contributed by atoms with E-state index < -0.39 is 0 Å². The first-order chi connectivity index (χ1) is 8.16. The zero-order valence-corrected chi connectivity index (χ0v) is 11.7. The largest absolute Gasteiger partial charge is 0.398 e. The third-order valence-corrected chi connectivity index (χ3v) is 4.05. The molecule has 0 aliphatic carbocycles. The van der Waals surface area contributed by atoms with Crippen molar-refractivity contribution in [2.45, 2.75) is 26.0 Å². The van der Waals surface area contributed by atoms with Gasteiger partial charge in [-0.05, 0) is 52.9 Å². The number of nitrogens with one attached hydrogen (secondary N) is 1. The van der Waals surface area contributed by atoms with Crippen LogP contribution in [0.25, 0.3) is 0 Å². The van der Waals surface area contributed by atoms with E-state index in [4.69, 9.17) is 10.5 Å². The number of anilines is 1. The number of benzene rings is 1. The molecule has 17 heavy (non-hydrogen) atoms. The van der Waals surface area contributed by atoms with Gasteiger partial charge < -0.3 is 15.8 Å². The van der Waals surface area contributed by atoms with Crippen LogP contribution in [0.5, 0.6) is 0 Å². The minimum absolute atomic E-state index is 0.387. The molecule has 3 N–H and O–H groups in total. The molecule has 0 spiro atoms. The van der Waals surface area contributed by atoms with Gasteiger partial charge in [0.15, 0.2) is 0 Å². The third kappa shape index (κ3) is 3.44. The van der Waals surface area contributed by atoms with Gasteiger partial charge in [0.25, 0.3) is 0 Å². The first-order valence-corrected chi connectivity index (χ1v) is 6.82. The number of ether oxygens (including phenoxy) is 1. The summed E-state index contributed by atoms with van der Waals surface area (Å²) in [6, 6.07) is 6.08. The van der Waals surface area contributed by atoms with Gasteiger partial charge in [0.2, 0.25) is 0 Å². The van der Waals surface area contributed by atoms with Gasteiger partial charge in [-0.3, -0.25) is 0 Å². The van der Waals surface area contributed by atoms with Gasteiger partial charge in [0.1, 0.15) is 0 Å². The Labute approximate surface area is 111 Å². The third-order valence-electron chi connectivity index (χ3n) is 3.33. The van der Waals surface area contributed by atoms with Crippen molar-refractivity contribution in [2.75, 3.05) is 18.9 Å². The van der Waals surface area contributed by atoms with Crippen molar-refractivity contribution in [3.05, 3.63) is 28.2 Å². The molecule has 1 heterocycles. The van der Waals surface area contributed by atoms with Gasteiger partial charge >= 0.3 is 0 Å². The predicted molar refractivity (Wildman–Crippen MR) is 73.8 cm³/mol. The van der Waals surface area contributed by atoms with E-state index in [1.165, 1.54) is 5.56 Å². The number of rotatable bonds is 4. The Hall–Kier alpha value is -0.580. The molecule has 0 amide bonds. The van der Waals surface area contributed by atoms with Gasteiger partial charge in [0.05, 0.1) is 6.10 Å². The predicted octanol–water partition coefficient (Wildman–Crippen LogP) is 2.55. The standard InChI is InChI=1S/C13H19BrN2O/c1-9-11(4-5-17-9)8-16-7-10-2-3-12(14)13(15)6-10/h2-3,6,9,11,16H,4-5,7-8,15H2,1H3. The molecule has 4 heteroatoms. The summed E-state index contributed by atoms with van der Waals surface area (Å²) in [5, 5.41) is 3.47. The number of hydrogen-bond donors (Lipinski definition) is 2. The smallest absolute Gasteiger partial charge is 0.0588 e. The van der Waals surface area contributed by atoms with Crippen molar-refractivity contribution < 1.29 is 4.74 Å². The number of nitrogen functional groups attached to an aromatic ring is 1. The van der Waals surface area contributed by atoms with Crippen LogP contribution in [0.3, 0.4) is 0 Å². The summed E-state index contributed by atoms with van der Waals surface area (Å²) in [5.74, 6) is 0.641. The molecule has 1 aliphatic rings. The molecular weight excluding hydrogens is 280 g/mol. The summed E-state index contributed by atoms with van der Waals surface area (Å²) in [6.45, 7) is 4.92. The molecule has 0 saturated carbocycles. The Kier molecular flexibility index (Phi) is 4.42. The second kappa shape index (κ2) is 5.85. The molecule has 1 fully saturated rings. The van der Waals surface area contributed by atoms with Crippen molar-refractivity contribution in [2.24, 2.45) is 5.92 Å². The quantitative estimate of drug-likeness (QED) is 0.840. The highest BCUT2D eigenvalue weighted by molar-refractivity contribution is 9.10. The van der Waals surface area contributed by atoms with Crippen LogP contribution in [0.2, 0.25) is 0 Å². The first kappa shape index (κ1) is 12.9. The van der Waals surface area contributed by atoms with Crippen molar-refractivity contribution in [3.8, 4) is 0 Å². The summed E-state index contributed by atoms with van der Waals surface area (Å²) >= 11 is 3.40. The summed E-state index contributed by atoms with van der Waals surface area (Å²) in [5.41, 5.74) is 7.86. The molecule has 94 valence electrons. The second-order valence-electron chi connectivity index (χ2n) is 4.61. The summed E-state index contributed by atoms with van der Waals surface area (Å²) < 4.78 is 6.49. The van der Waals surface area contributed by atoms with Gasteiger partial charge in [-0.1, -0.05) is 6.07 Å². The average molecular weight is 299 g/mol. The highest BCUT2D eigenvalue weighted by atomic mass is 79.9. The zero-order chi connectivity index (χ0) is 12.3. The van der Waals surface area contributed by atoms with E-state index >= 15 is 0 Å². The molecule has 0 aromatic heterocycles. The minimum Gasteiger partial charge on any atom is -0.398 e. The topological polar surface area (TPSA) is 47.3 Å². The zero-order valence-electron chi connectivity index (χ0n) is 10.1. The average Bonchev–Trinajstić information content (AvgIpc) is 2.70. The van der Waals surface area contributed by atoms with Gasteiger partial charge in [-0.2, -0.15) is 0 Å². The number of halogens is 1. The van der Waals surface area contributed by atoms with E-state index in [2.05, 4.69) is 34.2 Å². The van der Waals surface area contributed by atoms with Crippen molar-refractivity contribution in [3.63, 3.8) is 0 Å². The molecule has 0 bridgehead atoms. The lowest BCUT2D eigenvalue weighted by Crippen LogP contribution is -2.26. The lowest BCUT2D eigenvalue weighted by Gasteiger charge is -2.15. The molecule has 1 aromatic carbocycles. The monoisotopic (exact) mass is 298 g/mol. The number of hydrogen-bond acceptors (Lipinski definition) is 3. The summed E-state index contributed by atoms with van der Waals surface area (Å²) in [6.07, 6.45) is 1.55. The van der Waals surface area contributed by atoms with Crippen LogP contribution in [-0.4, -0.2) is 19.3 Å². The molecule has 1 aliphatic heterocycles. The molecule has 1 aromatic rings. The van der Waals surface area contributed by atoms with E-state index in [0.29, 0.717) is 12.0 Å². The maximum absolute atomic E-state index is 5.84. The van der Waals surface area contributed by atoms with E-state index in [1.807, 2.05) is 12.1 Å². The Morgan fingerprint density at radius 3 is 3.00 bits per heavy atom. The highest BCUT2D eigenvalue weighted by Gasteiger charge is 2.23. The summed E-state index contributed by atoms with van der Waals surface area (Å²) in [4.78, 5) is 0. The highest BCUT2D eigenvalue weighted by Crippen LogP contribution is 2.21. The molecule has 2 unspecified atom stereocenters. The maximum Gasteiger partial charge on any atom is 0.0588 e. The van der Waals surface area contributed by atoms with Crippen LogP contribution in [0.4, 0.5) is 5.69 Å². The lowest BCUT2D eigenvalue weighted by molar-refractivity contribution is 0.105. The van der Waals surface area contributed by atoms with Gasteiger partial charge in [0, 0.05) is 29.9 Å². The maximum atomic E-state index is 5.84. The van der Waals surface area contributed by atoms with Crippen LogP contribution in [0.15, 0.2) is 22.7 Å². The molecule has 1 saturated heterocycles. The van der Waals surface area contributed by atoms with Crippen LogP contribution in [-0.2, 0) is 11.3 Å². The van der Waals surface area contributed by atoms with Crippen LogP contribution in [0, 0.1) is 5.92 Å². The molecule has 2 rings (SSSR count). The van der Waals surface area contributed by atoms with E-state index in [9.17, 15) is 0 Å². The Morgan fingerprint density at radius 2 is 2.35 bits per heavy atom. The van der Waals surface area contributed by atoms with Crippen LogP contribution >= 0.6 is 15.9 Å². The van der Waals surface area contributed by atoms with Crippen molar-refractivity contribution in [1.82, 2.24) is 5.32 Å². The molecule has 2 atom stereocenters. The van der Waals surface area contributed by atoms with Gasteiger partial charge in [-0.15, -0.1) is 0 Å². The lowest BCUT2D eigenvalue weighted by atomic mass is 10.0. The fourth-order valence-electron chi connectivity index (χ4n) is 2.15. The fourth-order valence-corrected chi connectivity index (χ4v) is 2.40. The van der Waals surface area contributed by atoms with Crippen LogP contribution < -0.4 is 11.1 Å². The Morgan fingerprint density at radius 1 is 1.53 bits per heavy atom. The molecule has 0 radical (unpaired) electrons. The van der Waals surface area contributed by atoms with E-state index in [-0.39, 0.29) is 0 Å². The Balaban J connectivity index is 1.79. The van der Waals surface area contributed by atoms with E-state index in [1.54, 1.807) is 0 Å². The fraction of sp³-hybridized carbons (Fsp3) is 0.538. The van der Waals surface area contributed by atoms with Crippen molar-refractivity contribution in [1.29, 1.82) is 0 Å². The normalized spacial score (nSPS) is 24.1. The van der Waals surface area contributed by atoms with Crippen LogP contribution in [0.1, 0.15) is 18.9 Å². The molecular formula is C13H19BrN2O. The first-order valence-electron chi connectivity index (χ1n) is 6.03. The minimum atomic E-state index is 0.387. The SMILES string of the molecule is CC1OCCC1CNCc1ccc(Br)c(N)c1. The van der Waals surface area contributed by atoms with E-state index in [0.717, 1.165) is 36.3 Å². The van der Waals surface area contributed by atoms with Gasteiger partial charge in [-0.25, -0.2) is 0 Å². The molecule has 3 nitrogen and oxygen atoms in total. The van der Waals surface area contributed by atoms with Crippen molar-refractivity contribution >= 4 is 21.6 Å². The second-order valence-corrected chi connectivity index (χ2v) is 5.47. The summed E-state index contributed by atoms with van der Waals surface area (Å²) in [7, 11) is 0. The number of nitrogens with two attached hydrogens (primary N) is 1.